The third-order valence-electron chi connectivity index (χ3n) is 9.51. The smallest absolute Gasteiger partial charge is 0.146 e. The third kappa shape index (κ3) is 4.03. The summed E-state index contributed by atoms with van der Waals surface area (Å²) < 4.78 is 2.34. The number of allylic oxidation sites excluding steroid dienone is 3. The molecule has 7 aromatic rings. The highest BCUT2D eigenvalue weighted by molar-refractivity contribution is 6.30. The Bertz CT molecular complexity index is 2720. The first-order valence-electron chi connectivity index (χ1n) is 16.3. The van der Waals surface area contributed by atoms with Crippen LogP contribution in [0.5, 0.6) is 0 Å². The average Bonchev–Trinajstić information content (AvgIpc) is 3.98. The molecule has 3 aromatic heterocycles. The topological polar surface area (TPSA) is 44.9 Å². The van der Waals surface area contributed by atoms with E-state index in [4.69, 9.17) is 9.98 Å². The number of hydrogen-bond acceptors (Lipinski definition) is 2. The van der Waals surface area contributed by atoms with Gasteiger partial charge in [0.2, 0.25) is 0 Å². The van der Waals surface area contributed by atoms with Gasteiger partial charge in [0.15, 0.2) is 0 Å². The van der Waals surface area contributed by atoms with E-state index < -0.39 is 0 Å². The number of aliphatic imine (C=N–C) groups is 1. The molecule has 0 atom stereocenters. The first kappa shape index (κ1) is 26.7. The van der Waals surface area contributed by atoms with Crippen LogP contribution in [0.25, 0.3) is 39.4 Å². The van der Waals surface area contributed by atoms with Crippen molar-refractivity contribution in [3.8, 4) is 11.1 Å². The lowest BCUT2D eigenvalue weighted by Gasteiger charge is -2.11. The van der Waals surface area contributed by atoms with Crippen LogP contribution < -0.4 is 16.2 Å². The van der Waals surface area contributed by atoms with Crippen LogP contribution in [0.1, 0.15) is 27.9 Å². The van der Waals surface area contributed by atoms with Crippen LogP contribution in [-0.4, -0.2) is 15.1 Å². The van der Waals surface area contributed by atoms with Crippen LogP contribution in [0.2, 0.25) is 0 Å². The predicted molar refractivity (Wildman–Crippen MR) is 195 cm³/mol. The van der Waals surface area contributed by atoms with Crippen molar-refractivity contribution in [1.29, 1.82) is 0 Å². The van der Waals surface area contributed by atoms with Gasteiger partial charge in [0.25, 0.3) is 0 Å². The summed E-state index contributed by atoms with van der Waals surface area (Å²) in [6, 6.07) is 51.2. The van der Waals surface area contributed by atoms with Gasteiger partial charge in [0.1, 0.15) is 5.49 Å². The summed E-state index contributed by atoms with van der Waals surface area (Å²) in [6.07, 6.45) is 6.59. The maximum Gasteiger partial charge on any atom is 0.146 e. The molecule has 0 fully saturated rings. The minimum atomic E-state index is 0.924. The fourth-order valence-corrected chi connectivity index (χ4v) is 7.44. The Morgan fingerprint density at radius 2 is 1.04 bits per heavy atom. The first-order chi connectivity index (χ1) is 23.8. The van der Waals surface area contributed by atoms with E-state index in [1.54, 1.807) is 0 Å². The summed E-state index contributed by atoms with van der Waals surface area (Å²) in [5, 5.41) is 2.02. The molecule has 0 saturated carbocycles. The second-order valence-electron chi connectivity index (χ2n) is 12.3. The molecule has 4 heteroatoms. The molecule has 4 aromatic carbocycles. The largest absolute Gasteiger partial charge is 0.354 e. The zero-order chi connectivity index (χ0) is 31.6. The number of nitrogens with zero attached hydrogens (tertiary/aromatic N) is 3. The summed E-state index contributed by atoms with van der Waals surface area (Å²) in [5.74, 6) is 0. The van der Waals surface area contributed by atoms with Crippen molar-refractivity contribution in [2.75, 3.05) is 0 Å². The number of hydrogen-bond donors (Lipinski definition) is 1. The summed E-state index contributed by atoms with van der Waals surface area (Å²) in [4.78, 5) is 14.7. The van der Waals surface area contributed by atoms with Crippen molar-refractivity contribution >= 4 is 34.0 Å². The molecule has 48 heavy (non-hydrogen) atoms. The normalized spacial score (nSPS) is 14.8. The monoisotopic (exact) mass is 612 g/mol. The van der Waals surface area contributed by atoms with E-state index >= 15 is 0 Å². The lowest BCUT2D eigenvalue weighted by atomic mass is 9.99. The Balaban J connectivity index is 1.40. The van der Waals surface area contributed by atoms with Crippen LogP contribution >= 0.6 is 0 Å². The summed E-state index contributed by atoms with van der Waals surface area (Å²) in [7, 11) is 0. The fourth-order valence-electron chi connectivity index (χ4n) is 7.44. The average molecular weight is 613 g/mol. The van der Waals surface area contributed by atoms with Crippen LogP contribution in [-0.2, 0) is 0 Å². The van der Waals surface area contributed by atoms with Crippen molar-refractivity contribution in [3.05, 3.63) is 213 Å². The number of fused-ring (bicyclic) bond motifs is 4. The standard InChI is InChI=1S/C44H28N4/c1-5-13-28(14-6-1)40-32-27-37-42(30-17-9-3-10-18-30)35-22-21-33(45-35)41(29-15-7-2-8-16-29)34-23-24-36(46-34)43(31-19-11-4-12-20-31)39-26-25-38(40)48(39)44(32)47-37/h1-27,45H. The number of aromatic amines is 1. The second-order valence-corrected chi connectivity index (χ2v) is 12.3. The van der Waals surface area contributed by atoms with Gasteiger partial charge in [0.05, 0.1) is 28.3 Å². The van der Waals surface area contributed by atoms with E-state index in [0.717, 1.165) is 83.5 Å². The van der Waals surface area contributed by atoms with Crippen molar-refractivity contribution in [2.45, 2.75) is 0 Å². The molecule has 3 aliphatic rings. The van der Waals surface area contributed by atoms with E-state index in [2.05, 4.69) is 173 Å². The molecular formula is C44H28N4. The third-order valence-corrected chi connectivity index (χ3v) is 9.51. The molecule has 3 aliphatic heterocycles. The minimum Gasteiger partial charge on any atom is -0.354 e. The second kappa shape index (κ2) is 10.5. The van der Waals surface area contributed by atoms with Gasteiger partial charge in [-0.25, -0.2) is 9.98 Å². The molecule has 4 nitrogen and oxygen atoms in total. The van der Waals surface area contributed by atoms with E-state index in [1.165, 1.54) is 11.1 Å². The van der Waals surface area contributed by atoms with Crippen LogP contribution in [0.4, 0.5) is 0 Å². The van der Waals surface area contributed by atoms with Crippen LogP contribution in [0.3, 0.4) is 0 Å². The molecule has 224 valence electrons. The van der Waals surface area contributed by atoms with Crippen molar-refractivity contribution < 1.29 is 0 Å². The molecule has 10 rings (SSSR count). The molecule has 0 saturated heterocycles. The molecule has 0 unspecified atom stereocenters. The Labute approximate surface area is 277 Å². The number of rotatable bonds is 4. The molecule has 1 N–H and O–H groups in total. The zero-order valence-corrected chi connectivity index (χ0v) is 25.9. The zero-order valence-electron chi connectivity index (χ0n) is 25.9. The van der Waals surface area contributed by atoms with Crippen molar-refractivity contribution in [1.82, 2.24) is 9.38 Å². The van der Waals surface area contributed by atoms with E-state index in [9.17, 15) is 0 Å². The summed E-state index contributed by atoms with van der Waals surface area (Å²) in [5.41, 5.74) is 15.9. The minimum absolute atomic E-state index is 0.924. The highest BCUT2D eigenvalue weighted by Crippen LogP contribution is 2.39. The Kier molecular flexibility index (Phi) is 5.84. The van der Waals surface area contributed by atoms with E-state index in [-0.39, 0.29) is 0 Å². The van der Waals surface area contributed by atoms with Gasteiger partial charge in [-0.05, 0) is 64.7 Å². The van der Waals surface area contributed by atoms with Gasteiger partial charge in [0, 0.05) is 38.5 Å². The number of aromatic nitrogens is 2. The SMILES string of the molecule is C1=CC2=C(c3ccccc3)c3ccc4c(-c5ccccc5)c5c(n34)=NC(=C5)C(c3ccccc3)=c3ccc([nH]3)=C(c3ccccc3)C1=N2. The Hall–Kier alpha value is -6.52. The van der Waals surface area contributed by atoms with E-state index in [0.29, 0.717) is 0 Å². The van der Waals surface area contributed by atoms with Gasteiger partial charge in [-0.2, -0.15) is 0 Å². The number of benzene rings is 4. The molecule has 0 amide bonds. The molecule has 6 bridgehead atoms. The highest BCUT2D eigenvalue weighted by Gasteiger charge is 2.27. The number of H-pyrrole nitrogens is 1. The maximum atomic E-state index is 5.50. The number of nitrogens with one attached hydrogen (secondary N) is 1. The molecule has 6 heterocycles. The van der Waals surface area contributed by atoms with Crippen LogP contribution in [0.15, 0.2) is 179 Å². The lowest BCUT2D eigenvalue weighted by Crippen LogP contribution is -2.19. The first-order valence-corrected chi connectivity index (χ1v) is 16.3. The Morgan fingerprint density at radius 1 is 0.479 bits per heavy atom. The van der Waals surface area contributed by atoms with Crippen molar-refractivity contribution in [3.63, 3.8) is 0 Å². The Morgan fingerprint density at radius 3 is 1.69 bits per heavy atom. The quantitative estimate of drug-likeness (QED) is 0.214. The highest BCUT2D eigenvalue weighted by atomic mass is 15.0. The van der Waals surface area contributed by atoms with Gasteiger partial charge in [-0.1, -0.05) is 121 Å². The van der Waals surface area contributed by atoms with Gasteiger partial charge in [-0.15, -0.1) is 0 Å². The molecule has 0 aliphatic carbocycles. The van der Waals surface area contributed by atoms with Crippen LogP contribution in [0, 0.1) is 0 Å². The fraction of sp³-hybridized carbons (Fsp3) is 0. The molecule has 0 spiro atoms. The van der Waals surface area contributed by atoms with E-state index in [1.807, 2.05) is 0 Å². The van der Waals surface area contributed by atoms with Gasteiger partial charge >= 0.3 is 0 Å². The van der Waals surface area contributed by atoms with Gasteiger partial charge < -0.3 is 4.98 Å². The molecular weight excluding hydrogens is 585 g/mol. The predicted octanol–water partition coefficient (Wildman–Crippen LogP) is 7.51. The molecule has 0 radical (unpaired) electrons. The maximum absolute atomic E-state index is 5.50. The summed E-state index contributed by atoms with van der Waals surface area (Å²) in [6.45, 7) is 0. The lowest BCUT2D eigenvalue weighted by molar-refractivity contribution is 1.06. The summed E-state index contributed by atoms with van der Waals surface area (Å²) >= 11 is 0. The van der Waals surface area contributed by atoms with Crippen molar-refractivity contribution in [2.24, 2.45) is 9.98 Å². The van der Waals surface area contributed by atoms with Gasteiger partial charge in [-0.3, -0.25) is 4.40 Å².